The summed E-state index contributed by atoms with van der Waals surface area (Å²) in [7, 11) is 0. The average molecular weight is 353 g/mol. The van der Waals surface area contributed by atoms with Crippen LogP contribution in [0, 0.1) is 0 Å². The van der Waals surface area contributed by atoms with Gasteiger partial charge in [-0.25, -0.2) is 0 Å². The van der Waals surface area contributed by atoms with E-state index in [4.69, 9.17) is 0 Å². The molecule has 2 aromatic carbocycles. The monoisotopic (exact) mass is 353 g/mol. The van der Waals surface area contributed by atoms with E-state index in [1.807, 2.05) is 0 Å². The maximum Gasteiger partial charge on any atom is 0.0690 e. The smallest absolute Gasteiger partial charge is 0.0690 e. The average Bonchev–Trinajstić information content (AvgIpc) is 3.15. The van der Waals surface area contributed by atoms with Crippen LogP contribution >= 0.6 is 0 Å². The SMILES string of the molecule is c1ccc(-c2cc(N3CCN(c4ccccc4)CC3)c3ccccn23)cc1. The molecule has 5 rings (SSSR count). The van der Waals surface area contributed by atoms with Gasteiger partial charge in [0.05, 0.1) is 16.9 Å². The van der Waals surface area contributed by atoms with Gasteiger partial charge in [0.15, 0.2) is 0 Å². The zero-order valence-corrected chi connectivity index (χ0v) is 15.3. The van der Waals surface area contributed by atoms with Gasteiger partial charge in [-0.1, -0.05) is 54.6 Å². The molecule has 27 heavy (non-hydrogen) atoms. The molecule has 0 spiro atoms. The second-order valence-electron chi connectivity index (χ2n) is 7.05. The maximum absolute atomic E-state index is 2.53. The second-order valence-corrected chi connectivity index (χ2v) is 7.05. The van der Waals surface area contributed by atoms with E-state index in [2.05, 4.69) is 105 Å². The van der Waals surface area contributed by atoms with Crippen LogP contribution in [0.2, 0.25) is 0 Å². The molecule has 1 saturated heterocycles. The summed E-state index contributed by atoms with van der Waals surface area (Å²) >= 11 is 0. The Hall–Kier alpha value is -3.20. The molecule has 0 atom stereocenters. The molecule has 1 aliphatic heterocycles. The molecule has 1 fully saturated rings. The Morgan fingerprint density at radius 3 is 1.96 bits per heavy atom. The number of benzene rings is 2. The van der Waals surface area contributed by atoms with E-state index in [1.54, 1.807) is 0 Å². The molecule has 0 saturated carbocycles. The topological polar surface area (TPSA) is 10.9 Å². The molecule has 4 aromatic rings. The molecule has 0 amide bonds. The molecule has 0 bridgehead atoms. The fraction of sp³-hybridized carbons (Fsp3) is 0.167. The summed E-state index contributed by atoms with van der Waals surface area (Å²) < 4.78 is 2.31. The highest BCUT2D eigenvalue weighted by atomic mass is 15.3. The lowest BCUT2D eigenvalue weighted by Crippen LogP contribution is -2.46. The Labute approximate surface area is 160 Å². The Kier molecular flexibility index (Phi) is 4.06. The number of aromatic nitrogens is 1. The van der Waals surface area contributed by atoms with Gasteiger partial charge in [-0.15, -0.1) is 0 Å². The van der Waals surface area contributed by atoms with Crippen molar-refractivity contribution < 1.29 is 0 Å². The van der Waals surface area contributed by atoms with E-state index in [0.717, 1.165) is 26.2 Å². The number of fused-ring (bicyclic) bond motifs is 1. The van der Waals surface area contributed by atoms with Gasteiger partial charge in [-0.05, 0) is 35.9 Å². The van der Waals surface area contributed by atoms with Crippen LogP contribution in [0.3, 0.4) is 0 Å². The van der Waals surface area contributed by atoms with Crippen molar-refractivity contribution in [1.82, 2.24) is 4.40 Å². The van der Waals surface area contributed by atoms with Crippen molar-refractivity contribution in [2.45, 2.75) is 0 Å². The number of anilines is 2. The molecule has 134 valence electrons. The molecule has 1 aliphatic rings. The number of nitrogens with zero attached hydrogens (tertiary/aromatic N) is 3. The molecule has 3 nitrogen and oxygen atoms in total. The summed E-state index contributed by atoms with van der Waals surface area (Å²) in [6, 6.07) is 30.2. The molecule has 0 aliphatic carbocycles. The number of rotatable bonds is 3. The molecule has 2 aromatic heterocycles. The van der Waals surface area contributed by atoms with Crippen molar-refractivity contribution in [2.24, 2.45) is 0 Å². The van der Waals surface area contributed by atoms with Crippen LogP contribution in [-0.4, -0.2) is 30.6 Å². The first kappa shape index (κ1) is 16.0. The van der Waals surface area contributed by atoms with E-state index in [9.17, 15) is 0 Å². The maximum atomic E-state index is 2.53. The molecule has 0 unspecified atom stereocenters. The lowest BCUT2D eigenvalue weighted by molar-refractivity contribution is 0.655. The van der Waals surface area contributed by atoms with E-state index < -0.39 is 0 Å². The standard InChI is InChI=1S/C24H23N3/c1-3-9-20(10-4-1)23-19-24(22-13-7-8-14-27(22)23)26-17-15-25(16-18-26)21-11-5-2-6-12-21/h1-14,19H,15-18H2. The largest absolute Gasteiger partial charge is 0.368 e. The number of pyridine rings is 1. The minimum absolute atomic E-state index is 1.04. The molecular weight excluding hydrogens is 330 g/mol. The predicted octanol–water partition coefficient (Wildman–Crippen LogP) is 4.93. The molecular formula is C24H23N3. The first-order chi connectivity index (χ1) is 13.4. The lowest BCUT2D eigenvalue weighted by atomic mass is 10.1. The normalized spacial score (nSPS) is 14.7. The first-order valence-electron chi connectivity index (χ1n) is 9.60. The highest BCUT2D eigenvalue weighted by Gasteiger charge is 2.21. The van der Waals surface area contributed by atoms with Crippen molar-refractivity contribution in [2.75, 3.05) is 36.0 Å². The number of para-hydroxylation sites is 1. The summed E-state index contributed by atoms with van der Waals surface area (Å²) in [5.41, 5.74) is 6.45. The third-order valence-corrected chi connectivity index (χ3v) is 5.47. The van der Waals surface area contributed by atoms with E-state index in [-0.39, 0.29) is 0 Å². The number of hydrogen-bond donors (Lipinski definition) is 0. The van der Waals surface area contributed by atoms with Gasteiger partial charge >= 0.3 is 0 Å². The zero-order chi connectivity index (χ0) is 18.1. The predicted molar refractivity (Wildman–Crippen MR) is 114 cm³/mol. The van der Waals surface area contributed by atoms with Crippen LogP contribution in [0.25, 0.3) is 16.8 Å². The molecule has 3 heteroatoms. The molecule has 0 N–H and O–H groups in total. The minimum atomic E-state index is 1.04. The van der Waals surface area contributed by atoms with E-state index >= 15 is 0 Å². The van der Waals surface area contributed by atoms with Crippen molar-refractivity contribution >= 4 is 16.9 Å². The fourth-order valence-electron chi connectivity index (χ4n) is 4.06. The van der Waals surface area contributed by atoms with Gasteiger partial charge in [0.1, 0.15) is 0 Å². The Bertz CT molecular complexity index is 1030. The zero-order valence-electron chi connectivity index (χ0n) is 15.3. The number of hydrogen-bond acceptors (Lipinski definition) is 2. The van der Waals surface area contributed by atoms with Crippen LogP contribution in [0.15, 0.2) is 91.1 Å². The van der Waals surface area contributed by atoms with Crippen molar-refractivity contribution in [3.8, 4) is 11.3 Å². The van der Waals surface area contributed by atoms with Gasteiger partial charge in [-0.3, -0.25) is 0 Å². The van der Waals surface area contributed by atoms with Crippen molar-refractivity contribution in [3.63, 3.8) is 0 Å². The lowest BCUT2D eigenvalue weighted by Gasteiger charge is -2.37. The molecule has 3 heterocycles. The second kappa shape index (κ2) is 6.84. The van der Waals surface area contributed by atoms with Gasteiger partial charge in [0.2, 0.25) is 0 Å². The van der Waals surface area contributed by atoms with Gasteiger partial charge < -0.3 is 14.2 Å². The van der Waals surface area contributed by atoms with Crippen LogP contribution < -0.4 is 9.80 Å². The van der Waals surface area contributed by atoms with Crippen molar-refractivity contribution in [3.05, 3.63) is 91.1 Å². The Morgan fingerprint density at radius 1 is 0.593 bits per heavy atom. The summed E-state index contributed by atoms with van der Waals surface area (Å²) in [6.45, 7) is 4.18. The van der Waals surface area contributed by atoms with Crippen molar-refractivity contribution in [1.29, 1.82) is 0 Å². The number of piperazine rings is 1. The van der Waals surface area contributed by atoms with Crippen LogP contribution in [-0.2, 0) is 0 Å². The highest BCUT2D eigenvalue weighted by molar-refractivity contribution is 5.82. The third-order valence-electron chi connectivity index (χ3n) is 5.47. The fourth-order valence-corrected chi connectivity index (χ4v) is 4.06. The van der Waals surface area contributed by atoms with E-state index in [0.29, 0.717) is 0 Å². The summed E-state index contributed by atoms with van der Waals surface area (Å²) in [6.07, 6.45) is 2.17. The minimum Gasteiger partial charge on any atom is -0.368 e. The van der Waals surface area contributed by atoms with Crippen LogP contribution in [0.5, 0.6) is 0 Å². The first-order valence-corrected chi connectivity index (χ1v) is 9.60. The summed E-state index contributed by atoms with van der Waals surface area (Å²) in [4.78, 5) is 5.01. The highest BCUT2D eigenvalue weighted by Crippen LogP contribution is 2.33. The Balaban J connectivity index is 1.46. The third kappa shape index (κ3) is 2.95. The Morgan fingerprint density at radius 2 is 1.22 bits per heavy atom. The summed E-state index contributed by atoms with van der Waals surface area (Å²) in [5.74, 6) is 0. The van der Waals surface area contributed by atoms with Gasteiger partial charge in [-0.2, -0.15) is 0 Å². The van der Waals surface area contributed by atoms with Crippen LogP contribution in [0.4, 0.5) is 11.4 Å². The van der Waals surface area contributed by atoms with Crippen LogP contribution in [0.1, 0.15) is 0 Å². The quantitative estimate of drug-likeness (QED) is 0.517. The molecule has 0 radical (unpaired) electrons. The summed E-state index contributed by atoms with van der Waals surface area (Å²) in [5, 5.41) is 0. The van der Waals surface area contributed by atoms with Gasteiger partial charge in [0.25, 0.3) is 0 Å². The van der Waals surface area contributed by atoms with Gasteiger partial charge in [0, 0.05) is 38.1 Å². The van der Waals surface area contributed by atoms with E-state index in [1.165, 1.54) is 28.1 Å².